The van der Waals surface area contributed by atoms with Crippen molar-refractivity contribution in [2.75, 3.05) is 0 Å². The van der Waals surface area contributed by atoms with E-state index < -0.39 is 0 Å². The van der Waals surface area contributed by atoms with Crippen molar-refractivity contribution in [1.29, 1.82) is 0 Å². The number of nitrogens with one attached hydrogen (secondary N) is 1. The molecule has 1 rings (SSSR count). The molecule has 0 unspecified atom stereocenters. The van der Waals surface area contributed by atoms with Crippen LogP contribution in [0.15, 0.2) is 12.2 Å². The topological polar surface area (TPSA) is 29.1 Å². The van der Waals surface area contributed by atoms with Gasteiger partial charge in [-0.15, -0.1) is 0 Å². The van der Waals surface area contributed by atoms with E-state index in [1.807, 2.05) is 0 Å². The Morgan fingerprint density at radius 2 is 1.15 bits per heavy atom. The molecule has 0 radical (unpaired) electrons. The summed E-state index contributed by atoms with van der Waals surface area (Å²) in [6.45, 7) is 5.52. The van der Waals surface area contributed by atoms with Crippen LogP contribution in [0, 0.1) is 0 Å². The van der Waals surface area contributed by atoms with Gasteiger partial charge in [0.2, 0.25) is 5.91 Å². The van der Waals surface area contributed by atoms with Crippen LogP contribution in [0.4, 0.5) is 0 Å². The predicted molar refractivity (Wildman–Crippen MR) is 86.8 cm³/mol. The minimum absolute atomic E-state index is 0.0381. The monoisotopic (exact) mass is 279 g/mol. The molecule has 1 fully saturated rings. The molecule has 2 heteroatoms. The van der Waals surface area contributed by atoms with E-state index in [1.54, 1.807) is 6.92 Å². The van der Waals surface area contributed by atoms with Crippen LogP contribution >= 0.6 is 0 Å². The lowest BCUT2D eigenvalue weighted by Gasteiger charge is -2.19. The summed E-state index contributed by atoms with van der Waals surface area (Å²) in [6.07, 6.45) is 17.2. The lowest BCUT2D eigenvalue weighted by Crippen LogP contribution is -2.35. The van der Waals surface area contributed by atoms with Crippen LogP contribution in [0.5, 0.6) is 0 Å². The molecule has 1 N–H and O–H groups in total. The second-order valence-electron chi connectivity index (χ2n) is 6.42. The fraction of sp³-hybridized carbons (Fsp3) is 0.833. The van der Waals surface area contributed by atoms with Crippen molar-refractivity contribution in [3.63, 3.8) is 0 Å². The highest BCUT2D eigenvalue weighted by Crippen LogP contribution is 2.17. The Morgan fingerprint density at radius 1 is 0.800 bits per heavy atom. The molecule has 1 aliphatic rings. The Kier molecular flexibility index (Phi) is 9.44. The normalized spacial score (nSPS) is 20.9. The van der Waals surface area contributed by atoms with E-state index in [4.69, 9.17) is 0 Å². The molecule has 1 aliphatic carbocycles. The van der Waals surface area contributed by atoms with E-state index in [0.717, 1.165) is 12.8 Å². The predicted octanol–water partition coefficient (Wildman–Crippen LogP) is 5.13. The van der Waals surface area contributed by atoms with Crippen molar-refractivity contribution in [3.05, 3.63) is 12.2 Å². The van der Waals surface area contributed by atoms with Crippen molar-refractivity contribution in [2.24, 2.45) is 0 Å². The Morgan fingerprint density at radius 3 is 1.50 bits per heavy atom. The first kappa shape index (κ1) is 17.3. The van der Waals surface area contributed by atoms with Gasteiger partial charge in [-0.3, -0.25) is 4.79 Å². The standard InChI is InChI=1S/C18H33NO/c1-16(2)18(20)19-17-14-12-10-8-6-4-3-5-7-9-11-13-15-17/h17H,1,3-15H2,2H3,(H,19,20). The molecule has 1 saturated carbocycles. The summed E-state index contributed by atoms with van der Waals surface area (Å²) in [5, 5.41) is 3.16. The first-order valence-electron chi connectivity index (χ1n) is 8.66. The number of amides is 1. The number of hydrogen-bond acceptors (Lipinski definition) is 1. The van der Waals surface area contributed by atoms with E-state index in [2.05, 4.69) is 11.9 Å². The summed E-state index contributed by atoms with van der Waals surface area (Å²) in [7, 11) is 0. The molecule has 1 amide bonds. The maximum atomic E-state index is 11.8. The average Bonchev–Trinajstić information content (AvgIpc) is 2.42. The third-order valence-corrected chi connectivity index (χ3v) is 4.33. The Hall–Kier alpha value is -0.790. The molecule has 20 heavy (non-hydrogen) atoms. The first-order valence-corrected chi connectivity index (χ1v) is 8.66. The molecule has 2 nitrogen and oxygen atoms in total. The smallest absolute Gasteiger partial charge is 0.246 e. The zero-order valence-corrected chi connectivity index (χ0v) is 13.4. The van der Waals surface area contributed by atoms with Gasteiger partial charge in [-0.05, 0) is 19.8 Å². The van der Waals surface area contributed by atoms with Gasteiger partial charge in [0.25, 0.3) is 0 Å². The van der Waals surface area contributed by atoms with Crippen molar-refractivity contribution in [1.82, 2.24) is 5.32 Å². The molecule has 0 bridgehead atoms. The van der Waals surface area contributed by atoms with Crippen LogP contribution in [0.1, 0.15) is 90.4 Å². The number of hydrogen-bond donors (Lipinski definition) is 1. The number of carbonyl (C=O) groups is 1. The quantitative estimate of drug-likeness (QED) is 0.697. The fourth-order valence-electron chi connectivity index (χ4n) is 2.97. The third kappa shape index (κ3) is 8.39. The molecule has 0 aromatic carbocycles. The molecule has 0 aromatic rings. The molecule has 0 heterocycles. The number of carbonyl (C=O) groups excluding carboxylic acids is 1. The van der Waals surface area contributed by atoms with E-state index in [-0.39, 0.29) is 5.91 Å². The summed E-state index contributed by atoms with van der Waals surface area (Å²) >= 11 is 0. The minimum Gasteiger partial charge on any atom is -0.350 e. The molecular formula is C18H33NO. The zero-order valence-electron chi connectivity index (χ0n) is 13.4. The van der Waals surface area contributed by atoms with Gasteiger partial charge in [-0.1, -0.05) is 77.2 Å². The first-order chi connectivity index (χ1) is 9.70. The van der Waals surface area contributed by atoms with Gasteiger partial charge >= 0.3 is 0 Å². The Balaban J connectivity index is 2.35. The molecule has 0 aromatic heterocycles. The van der Waals surface area contributed by atoms with E-state index in [0.29, 0.717) is 11.6 Å². The van der Waals surface area contributed by atoms with Crippen LogP contribution in [0.25, 0.3) is 0 Å². The maximum absolute atomic E-state index is 11.8. The van der Waals surface area contributed by atoms with Crippen molar-refractivity contribution in [2.45, 2.75) is 96.4 Å². The highest BCUT2D eigenvalue weighted by Gasteiger charge is 2.12. The van der Waals surface area contributed by atoms with E-state index >= 15 is 0 Å². The Bertz CT molecular complexity index is 271. The van der Waals surface area contributed by atoms with Crippen LogP contribution in [-0.2, 0) is 4.79 Å². The summed E-state index contributed by atoms with van der Waals surface area (Å²) < 4.78 is 0. The van der Waals surface area contributed by atoms with Crippen LogP contribution < -0.4 is 5.32 Å². The van der Waals surface area contributed by atoms with Crippen molar-refractivity contribution in [3.8, 4) is 0 Å². The van der Waals surface area contributed by atoms with Gasteiger partial charge < -0.3 is 5.32 Å². The second-order valence-corrected chi connectivity index (χ2v) is 6.42. The van der Waals surface area contributed by atoms with Gasteiger partial charge in [0.1, 0.15) is 0 Å². The minimum atomic E-state index is 0.0381. The van der Waals surface area contributed by atoms with E-state index in [1.165, 1.54) is 70.6 Å². The largest absolute Gasteiger partial charge is 0.350 e. The molecule has 0 atom stereocenters. The molecular weight excluding hydrogens is 246 g/mol. The van der Waals surface area contributed by atoms with Gasteiger partial charge in [0.05, 0.1) is 0 Å². The summed E-state index contributed by atoms with van der Waals surface area (Å²) in [5.41, 5.74) is 0.629. The van der Waals surface area contributed by atoms with Crippen molar-refractivity contribution < 1.29 is 4.79 Å². The zero-order chi connectivity index (χ0) is 14.6. The Labute approximate surface area is 125 Å². The summed E-state index contributed by atoms with van der Waals surface area (Å²) in [4.78, 5) is 11.8. The van der Waals surface area contributed by atoms with Gasteiger partial charge in [0, 0.05) is 11.6 Å². The summed E-state index contributed by atoms with van der Waals surface area (Å²) in [5.74, 6) is 0.0381. The molecule has 116 valence electrons. The van der Waals surface area contributed by atoms with Gasteiger partial charge in [0.15, 0.2) is 0 Å². The SMILES string of the molecule is C=C(C)C(=O)NC1CCCCCCCCCCCCC1. The molecule has 0 aliphatic heterocycles. The highest BCUT2D eigenvalue weighted by molar-refractivity contribution is 5.92. The highest BCUT2D eigenvalue weighted by atomic mass is 16.1. The maximum Gasteiger partial charge on any atom is 0.246 e. The van der Waals surface area contributed by atoms with Gasteiger partial charge in [-0.25, -0.2) is 0 Å². The van der Waals surface area contributed by atoms with Crippen LogP contribution in [0.3, 0.4) is 0 Å². The lowest BCUT2D eigenvalue weighted by molar-refractivity contribution is -0.118. The average molecular weight is 279 g/mol. The van der Waals surface area contributed by atoms with Crippen molar-refractivity contribution >= 4 is 5.91 Å². The molecule has 0 saturated heterocycles. The second kappa shape index (κ2) is 10.9. The molecule has 0 spiro atoms. The fourth-order valence-corrected chi connectivity index (χ4v) is 2.97. The van der Waals surface area contributed by atoms with Gasteiger partial charge in [-0.2, -0.15) is 0 Å². The van der Waals surface area contributed by atoms with Crippen LogP contribution in [-0.4, -0.2) is 11.9 Å². The summed E-state index contributed by atoms with van der Waals surface area (Å²) in [6, 6.07) is 0.363. The third-order valence-electron chi connectivity index (χ3n) is 4.33. The van der Waals surface area contributed by atoms with E-state index in [9.17, 15) is 4.79 Å². The van der Waals surface area contributed by atoms with Crippen LogP contribution in [0.2, 0.25) is 0 Å². The number of rotatable bonds is 2. The lowest BCUT2D eigenvalue weighted by atomic mass is 9.98.